The maximum atomic E-state index is 10.9. The smallest absolute Gasteiger partial charge is 0.407 e. The number of hydrogen-bond donors (Lipinski definition) is 1. The molecule has 0 saturated heterocycles. The average Bonchev–Trinajstić information content (AvgIpc) is 2.08. The molecule has 0 spiro atoms. The van der Waals surface area contributed by atoms with Gasteiger partial charge in [0.2, 0.25) is 0 Å². The first-order chi connectivity index (χ1) is 6.75. The van der Waals surface area contributed by atoms with Crippen molar-refractivity contribution >= 4 is 6.09 Å². The van der Waals surface area contributed by atoms with Gasteiger partial charge in [-0.05, 0) is 26.2 Å². The highest BCUT2D eigenvalue weighted by atomic mass is 16.4. The second-order valence-electron chi connectivity index (χ2n) is 3.70. The Bertz CT molecular complexity index is 213. The summed E-state index contributed by atoms with van der Waals surface area (Å²) in [6, 6.07) is 0.0952. The normalized spacial score (nSPS) is 24.8. The fourth-order valence-electron chi connectivity index (χ4n) is 1.91. The van der Waals surface area contributed by atoms with Crippen LogP contribution in [-0.2, 0) is 0 Å². The lowest BCUT2D eigenvalue weighted by Crippen LogP contribution is -2.38. The third-order valence-corrected chi connectivity index (χ3v) is 2.72. The maximum absolute atomic E-state index is 10.9. The summed E-state index contributed by atoms with van der Waals surface area (Å²) in [7, 11) is 0. The molecule has 0 aromatic heterocycles. The van der Waals surface area contributed by atoms with Gasteiger partial charge in [-0.15, -0.1) is 0 Å². The van der Waals surface area contributed by atoms with Crippen molar-refractivity contribution in [1.29, 1.82) is 0 Å². The zero-order valence-corrected chi connectivity index (χ0v) is 8.78. The molecule has 1 aliphatic rings. The summed E-state index contributed by atoms with van der Waals surface area (Å²) >= 11 is 0. The predicted molar refractivity (Wildman–Crippen MR) is 56.4 cm³/mol. The molecular weight excluding hydrogens is 178 g/mol. The van der Waals surface area contributed by atoms with E-state index in [1.165, 1.54) is 17.7 Å². The topological polar surface area (TPSA) is 40.5 Å². The Kier molecular flexibility index (Phi) is 4.50. The minimum atomic E-state index is -0.803. The molecule has 1 unspecified atom stereocenters. The molecule has 1 atom stereocenters. The maximum Gasteiger partial charge on any atom is 0.407 e. The van der Waals surface area contributed by atoms with E-state index in [1.54, 1.807) is 0 Å². The van der Waals surface area contributed by atoms with Gasteiger partial charge in [-0.1, -0.05) is 25.0 Å². The number of nitrogens with zero attached hydrogens (tertiary/aromatic N) is 1. The van der Waals surface area contributed by atoms with E-state index in [4.69, 9.17) is 5.11 Å². The van der Waals surface area contributed by atoms with Gasteiger partial charge in [0.05, 0.1) is 6.04 Å². The van der Waals surface area contributed by atoms with E-state index in [2.05, 4.69) is 12.2 Å². The fraction of sp³-hybridized carbons (Fsp3) is 0.727. The standard InChI is InChI=1S/C11H19NO2/c1-2-12(11(13)14)10-8-6-4-3-5-7-9-10/h6,8,10H,2-5,7,9H2,1H3,(H,13,14)/b8-6+. The number of carbonyl (C=O) groups is 1. The van der Waals surface area contributed by atoms with Crippen molar-refractivity contribution in [2.24, 2.45) is 0 Å². The van der Waals surface area contributed by atoms with Gasteiger partial charge in [-0.2, -0.15) is 0 Å². The Morgan fingerprint density at radius 1 is 1.50 bits per heavy atom. The first-order valence-electron chi connectivity index (χ1n) is 5.42. The molecule has 3 heteroatoms. The van der Waals surface area contributed by atoms with Crippen LogP contribution in [0.1, 0.15) is 39.0 Å². The largest absolute Gasteiger partial charge is 0.465 e. The molecule has 1 N–H and O–H groups in total. The van der Waals surface area contributed by atoms with Crippen LogP contribution in [0.3, 0.4) is 0 Å². The SMILES string of the molecule is CCN(C(=O)O)C1/C=C/CCCCC1. The molecule has 14 heavy (non-hydrogen) atoms. The van der Waals surface area contributed by atoms with Crippen molar-refractivity contribution in [2.75, 3.05) is 6.54 Å². The first-order valence-corrected chi connectivity index (χ1v) is 5.42. The van der Waals surface area contributed by atoms with Crippen LogP contribution in [0.15, 0.2) is 12.2 Å². The van der Waals surface area contributed by atoms with Crippen molar-refractivity contribution in [1.82, 2.24) is 4.90 Å². The minimum absolute atomic E-state index is 0.0952. The molecule has 0 fully saturated rings. The third-order valence-electron chi connectivity index (χ3n) is 2.72. The average molecular weight is 197 g/mol. The molecule has 1 amide bonds. The lowest BCUT2D eigenvalue weighted by Gasteiger charge is -2.26. The van der Waals surface area contributed by atoms with Crippen LogP contribution in [0.5, 0.6) is 0 Å². The monoisotopic (exact) mass is 197 g/mol. The van der Waals surface area contributed by atoms with Crippen molar-refractivity contribution < 1.29 is 9.90 Å². The molecule has 0 aliphatic heterocycles. The fourth-order valence-corrected chi connectivity index (χ4v) is 1.91. The van der Waals surface area contributed by atoms with E-state index in [0.717, 1.165) is 19.3 Å². The Balaban J connectivity index is 2.61. The second-order valence-corrected chi connectivity index (χ2v) is 3.70. The zero-order chi connectivity index (χ0) is 10.4. The molecule has 0 aromatic carbocycles. The highest BCUT2D eigenvalue weighted by Crippen LogP contribution is 2.16. The number of hydrogen-bond acceptors (Lipinski definition) is 1. The van der Waals surface area contributed by atoms with Gasteiger partial charge in [0.25, 0.3) is 0 Å². The zero-order valence-electron chi connectivity index (χ0n) is 8.78. The Labute approximate surface area is 85.4 Å². The lowest BCUT2D eigenvalue weighted by molar-refractivity contribution is 0.134. The van der Waals surface area contributed by atoms with Gasteiger partial charge < -0.3 is 10.0 Å². The van der Waals surface area contributed by atoms with Crippen LogP contribution in [-0.4, -0.2) is 28.7 Å². The summed E-state index contributed by atoms with van der Waals surface area (Å²) < 4.78 is 0. The number of likely N-dealkylation sites (N-methyl/N-ethyl adjacent to an activating group) is 1. The van der Waals surface area contributed by atoms with Gasteiger partial charge in [-0.3, -0.25) is 0 Å². The van der Waals surface area contributed by atoms with Crippen LogP contribution < -0.4 is 0 Å². The molecule has 0 bridgehead atoms. The summed E-state index contributed by atoms with van der Waals surface area (Å²) in [5.41, 5.74) is 0. The Hall–Kier alpha value is -0.990. The van der Waals surface area contributed by atoms with Gasteiger partial charge in [0.1, 0.15) is 0 Å². The Morgan fingerprint density at radius 3 is 2.93 bits per heavy atom. The lowest BCUT2D eigenvalue weighted by atomic mass is 10.0. The van der Waals surface area contributed by atoms with Crippen LogP contribution >= 0.6 is 0 Å². The molecule has 1 rings (SSSR count). The molecule has 80 valence electrons. The molecule has 3 nitrogen and oxygen atoms in total. The van der Waals surface area contributed by atoms with Crippen LogP contribution in [0.4, 0.5) is 4.79 Å². The molecule has 0 radical (unpaired) electrons. The Morgan fingerprint density at radius 2 is 2.29 bits per heavy atom. The number of amides is 1. The summed E-state index contributed by atoms with van der Waals surface area (Å²) in [4.78, 5) is 12.4. The summed E-state index contributed by atoms with van der Waals surface area (Å²) in [6.07, 6.45) is 9.03. The number of allylic oxidation sites excluding steroid dienone is 1. The van der Waals surface area contributed by atoms with E-state index < -0.39 is 6.09 Å². The van der Waals surface area contributed by atoms with Crippen LogP contribution in [0.25, 0.3) is 0 Å². The van der Waals surface area contributed by atoms with Crippen LogP contribution in [0.2, 0.25) is 0 Å². The summed E-state index contributed by atoms with van der Waals surface area (Å²) in [5, 5.41) is 8.98. The van der Waals surface area contributed by atoms with Crippen molar-refractivity contribution in [3.05, 3.63) is 12.2 Å². The first kappa shape index (κ1) is 11.1. The quantitative estimate of drug-likeness (QED) is 0.691. The number of rotatable bonds is 2. The molecule has 1 aliphatic carbocycles. The molecule has 0 saturated carbocycles. The third kappa shape index (κ3) is 3.05. The minimum Gasteiger partial charge on any atom is -0.465 e. The predicted octanol–water partition coefficient (Wildman–Crippen LogP) is 2.88. The van der Waals surface area contributed by atoms with Gasteiger partial charge in [0.15, 0.2) is 0 Å². The molecule has 0 aromatic rings. The van der Waals surface area contributed by atoms with Gasteiger partial charge in [-0.25, -0.2) is 4.79 Å². The highest BCUT2D eigenvalue weighted by molar-refractivity contribution is 5.65. The van der Waals surface area contributed by atoms with Gasteiger partial charge >= 0.3 is 6.09 Å². The van der Waals surface area contributed by atoms with E-state index in [0.29, 0.717) is 6.54 Å². The summed E-state index contributed by atoms with van der Waals surface area (Å²) in [5.74, 6) is 0. The van der Waals surface area contributed by atoms with Crippen molar-refractivity contribution in [3.63, 3.8) is 0 Å². The summed E-state index contributed by atoms with van der Waals surface area (Å²) in [6.45, 7) is 2.46. The number of carboxylic acid groups (broad SMARTS) is 1. The molecular formula is C11H19NO2. The van der Waals surface area contributed by atoms with E-state index >= 15 is 0 Å². The second kappa shape index (κ2) is 5.68. The van der Waals surface area contributed by atoms with E-state index in [1.807, 2.05) is 6.92 Å². The van der Waals surface area contributed by atoms with Crippen molar-refractivity contribution in [3.8, 4) is 0 Å². The van der Waals surface area contributed by atoms with Gasteiger partial charge in [0, 0.05) is 6.54 Å². The highest BCUT2D eigenvalue weighted by Gasteiger charge is 2.19. The molecule has 0 heterocycles. The van der Waals surface area contributed by atoms with Crippen LogP contribution in [0, 0.1) is 0 Å². The van der Waals surface area contributed by atoms with E-state index in [-0.39, 0.29) is 6.04 Å². The van der Waals surface area contributed by atoms with E-state index in [9.17, 15) is 4.79 Å². The van der Waals surface area contributed by atoms with Crippen molar-refractivity contribution in [2.45, 2.75) is 45.1 Å².